The van der Waals surface area contributed by atoms with E-state index in [1.54, 1.807) is 57.0 Å². The molecule has 1 fully saturated rings. The van der Waals surface area contributed by atoms with E-state index in [2.05, 4.69) is 78.2 Å². The van der Waals surface area contributed by atoms with Crippen LogP contribution in [0.25, 0.3) is 33.5 Å². The van der Waals surface area contributed by atoms with Crippen LogP contribution in [0.4, 0.5) is 49.6 Å². The monoisotopic (exact) mass is 1460 g/mol. The van der Waals surface area contributed by atoms with E-state index in [9.17, 15) is 38.9 Å². The molecule has 1 aliphatic carbocycles. The summed E-state index contributed by atoms with van der Waals surface area (Å²) in [5.41, 5.74) is 0.323. The summed E-state index contributed by atoms with van der Waals surface area (Å²) in [7, 11) is 0. The first-order valence-corrected chi connectivity index (χ1v) is 36.4. The zero-order chi connectivity index (χ0) is 77.2. The van der Waals surface area contributed by atoms with E-state index in [1.807, 2.05) is 48.5 Å². The number of fused-ring (bicyclic) bond motifs is 3. The number of anilines is 5. The Morgan fingerprint density at radius 2 is 0.886 bits per heavy atom. The highest BCUT2D eigenvalue weighted by Crippen LogP contribution is 2.33. The van der Waals surface area contributed by atoms with Gasteiger partial charge in [0.15, 0.2) is 45.1 Å². The predicted octanol–water partition coefficient (Wildman–Crippen LogP) is 14.1. The highest BCUT2D eigenvalue weighted by atomic mass is 16.6. The number of amides is 3. The third-order valence-corrected chi connectivity index (χ3v) is 15.3. The van der Waals surface area contributed by atoms with Crippen molar-refractivity contribution in [2.75, 3.05) is 71.3 Å². The topological polar surface area (TPSA) is 375 Å². The molecule has 0 saturated heterocycles. The van der Waals surface area contributed by atoms with Crippen molar-refractivity contribution >= 4 is 105 Å². The Hall–Kier alpha value is -10.1. The summed E-state index contributed by atoms with van der Waals surface area (Å²) in [5, 5.41) is 17.8. The maximum Gasteiger partial charge on any atom is 0.417 e. The number of carbonyl (C=O) groups excluding carboxylic acids is 6. The van der Waals surface area contributed by atoms with E-state index < -0.39 is 46.0 Å². The lowest BCUT2D eigenvalue weighted by Gasteiger charge is -2.26. The number of nitro benzene ring substituents is 1. The van der Waals surface area contributed by atoms with Crippen molar-refractivity contribution in [3.8, 4) is 11.6 Å². The molecular weight excluding hydrogens is 1360 g/mol. The molecular formula is C72H108N18O15. The van der Waals surface area contributed by atoms with E-state index in [1.165, 1.54) is 56.2 Å². The van der Waals surface area contributed by atoms with Gasteiger partial charge >= 0.3 is 36.2 Å². The van der Waals surface area contributed by atoms with Crippen LogP contribution in [0.3, 0.4) is 0 Å². The Balaban J connectivity index is 0.000000248. The SMILES string of the molecule is CCCCCN(C(=O)OC(C)(C)C)c1nc(NC2CCCC2)c2ncn(CC(=O)OCC)c2n1.CCCCCN(C(=O)OC(C)(C)C)c1nc(NCC(C)C)c2ncn(CC(=O)OCC)c2n1.CCCCCN(C(=O)OC(C)(C)C)c1nc(Oc2ccc([N+](=O)[O-])cc2)c2ncn(CC(=O)OCC)c2n1. The van der Waals surface area contributed by atoms with Crippen LogP contribution >= 0.6 is 0 Å². The molecule has 33 nitrogen and oxygen atoms in total. The molecule has 6 heterocycles. The second-order valence-electron chi connectivity index (χ2n) is 28.4. The van der Waals surface area contributed by atoms with Crippen molar-refractivity contribution in [3.05, 3.63) is 53.4 Å². The average molecular weight is 1470 g/mol. The maximum absolute atomic E-state index is 13.2. The van der Waals surface area contributed by atoms with E-state index >= 15 is 0 Å². The number of imidazole rings is 3. The van der Waals surface area contributed by atoms with Crippen molar-refractivity contribution in [3.63, 3.8) is 0 Å². The first-order valence-electron chi connectivity index (χ1n) is 36.4. The zero-order valence-corrected chi connectivity index (χ0v) is 64.2. The quantitative estimate of drug-likeness (QED) is 0.0130. The molecule has 7 aromatic rings. The summed E-state index contributed by atoms with van der Waals surface area (Å²) in [5.74, 6) is 0.915. The summed E-state index contributed by atoms with van der Waals surface area (Å²) < 4.78 is 42.8. The van der Waals surface area contributed by atoms with Crippen LogP contribution in [0.1, 0.15) is 201 Å². The molecule has 6 aromatic heterocycles. The Morgan fingerprint density at radius 1 is 0.524 bits per heavy atom. The molecule has 1 saturated carbocycles. The summed E-state index contributed by atoms with van der Waals surface area (Å²) in [6.07, 6.45) is 15.3. The van der Waals surface area contributed by atoms with Gasteiger partial charge in [0.1, 0.15) is 42.2 Å². The standard InChI is InChI=1S/C25H32N6O7.C24H38N6O4.C23H38N6O4/c1-6-8-9-14-30(24(33)38-25(3,4)5)23-27-21-20(26-16-29(21)15-19(32)36-7-2)22(28-23)37-18-12-10-17(11-13-18)31(34)35;1-6-8-11-14-30(23(32)34-24(3,4)5)22-27-20(26-17-12-9-10-13-17)19-21(28-22)29(16-25-19)15-18(31)33-7-2;1-8-10-11-12-29(22(31)33-23(5,6)7)21-26-19(24-13-16(3)4)18-20(27-21)28(15-25-18)14-17(30)32-9-2/h10-13,16H,6-9,14-15H2,1-5H3;16-17H,6-15H2,1-5H3,(H,26,27,28);15-16H,8-14H2,1-7H3,(H,24,26,27). The Labute approximate surface area is 613 Å². The van der Waals surface area contributed by atoms with Gasteiger partial charge in [-0.3, -0.25) is 24.5 Å². The largest absolute Gasteiger partial charge is 0.465 e. The van der Waals surface area contributed by atoms with Gasteiger partial charge in [0.2, 0.25) is 17.8 Å². The number of aromatic nitrogens is 12. The van der Waals surface area contributed by atoms with Crippen molar-refractivity contribution in [2.45, 2.75) is 244 Å². The molecule has 1 aromatic carbocycles. The van der Waals surface area contributed by atoms with Crippen LogP contribution in [0.15, 0.2) is 43.2 Å². The molecule has 0 spiro atoms. The average Bonchev–Trinajstić information content (AvgIpc) is 1.71. The van der Waals surface area contributed by atoms with Crippen LogP contribution in [0, 0.1) is 16.0 Å². The lowest BCUT2D eigenvalue weighted by molar-refractivity contribution is -0.384. The van der Waals surface area contributed by atoms with Gasteiger partial charge in [0.25, 0.3) is 11.6 Å². The number of benzene rings is 1. The minimum Gasteiger partial charge on any atom is -0.465 e. The fourth-order valence-corrected chi connectivity index (χ4v) is 10.5. The van der Waals surface area contributed by atoms with Crippen molar-refractivity contribution in [2.24, 2.45) is 5.92 Å². The first kappa shape index (κ1) is 83.8. The molecule has 1 aliphatic rings. The molecule has 576 valence electrons. The highest BCUT2D eigenvalue weighted by Gasteiger charge is 2.32. The number of non-ortho nitro benzene ring substituents is 1. The fraction of sp³-hybridized carbons (Fsp3) is 0.625. The number of esters is 3. The lowest BCUT2D eigenvalue weighted by atomic mass is 10.2. The van der Waals surface area contributed by atoms with E-state index in [4.69, 9.17) is 38.1 Å². The van der Waals surface area contributed by atoms with Gasteiger partial charge in [-0.25, -0.2) is 44.0 Å². The van der Waals surface area contributed by atoms with Crippen LogP contribution < -0.4 is 30.1 Å². The van der Waals surface area contributed by atoms with Crippen molar-refractivity contribution in [1.82, 2.24) is 58.6 Å². The second kappa shape index (κ2) is 39.7. The molecule has 33 heteroatoms. The van der Waals surface area contributed by atoms with E-state index in [0.29, 0.717) is 72.5 Å². The Morgan fingerprint density at radius 3 is 1.25 bits per heavy atom. The third kappa shape index (κ3) is 26.2. The van der Waals surface area contributed by atoms with Crippen molar-refractivity contribution in [1.29, 1.82) is 0 Å². The van der Waals surface area contributed by atoms with Gasteiger partial charge in [0.05, 0.1) is 43.7 Å². The number of rotatable bonds is 32. The smallest absolute Gasteiger partial charge is 0.417 e. The zero-order valence-electron chi connectivity index (χ0n) is 64.2. The molecule has 2 N–H and O–H groups in total. The summed E-state index contributed by atoms with van der Waals surface area (Å²) >= 11 is 0. The molecule has 105 heavy (non-hydrogen) atoms. The Kier molecular flexibility index (Phi) is 31.7. The van der Waals surface area contributed by atoms with Crippen LogP contribution in [0.5, 0.6) is 11.6 Å². The van der Waals surface area contributed by atoms with Gasteiger partial charge in [-0.05, 0) is 133 Å². The number of nitrogens with zero attached hydrogens (tertiary/aromatic N) is 16. The molecule has 0 bridgehead atoms. The lowest BCUT2D eigenvalue weighted by Crippen LogP contribution is -2.38. The molecule has 0 aliphatic heterocycles. The van der Waals surface area contributed by atoms with Gasteiger partial charge < -0.3 is 57.5 Å². The first-order chi connectivity index (χ1) is 49.8. The molecule has 0 radical (unpaired) electrons. The Bertz CT molecular complexity index is 4000. The van der Waals surface area contributed by atoms with Gasteiger partial charge in [-0.15, -0.1) is 0 Å². The molecule has 8 rings (SSSR count). The van der Waals surface area contributed by atoms with Crippen molar-refractivity contribution < 1.29 is 66.8 Å². The third-order valence-electron chi connectivity index (χ3n) is 15.3. The second-order valence-corrected chi connectivity index (χ2v) is 28.4. The van der Waals surface area contributed by atoms with Gasteiger partial charge in [-0.1, -0.05) is 86.0 Å². The number of carbonyl (C=O) groups is 6. The number of nitro groups is 1. The van der Waals surface area contributed by atoms with Gasteiger partial charge in [-0.2, -0.15) is 29.9 Å². The maximum atomic E-state index is 13.2. The van der Waals surface area contributed by atoms with E-state index in [-0.39, 0.29) is 104 Å². The summed E-state index contributed by atoms with van der Waals surface area (Å²) in [6.45, 7) is 34.3. The number of nitrogens with one attached hydrogen (secondary N) is 2. The normalized spacial score (nSPS) is 12.4. The minimum atomic E-state index is -0.756. The number of ether oxygens (including phenoxy) is 7. The van der Waals surface area contributed by atoms with Gasteiger partial charge in [0, 0.05) is 44.4 Å². The molecule has 0 atom stereocenters. The molecule has 0 unspecified atom stereocenters. The number of hydrogen-bond acceptors (Lipinski definition) is 26. The fourth-order valence-electron chi connectivity index (χ4n) is 10.5. The molecule has 3 amide bonds. The minimum absolute atomic E-state index is 0.00498. The van der Waals surface area contributed by atoms with Crippen LogP contribution in [0.2, 0.25) is 0 Å². The van der Waals surface area contributed by atoms with Crippen LogP contribution in [-0.4, -0.2) is 169 Å². The highest BCUT2D eigenvalue weighted by molar-refractivity contribution is 5.92. The summed E-state index contributed by atoms with van der Waals surface area (Å²) in [4.78, 5) is 132. The van der Waals surface area contributed by atoms with E-state index in [0.717, 1.165) is 77.0 Å². The summed E-state index contributed by atoms with van der Waals surface area (Å²) in [6, 6.07) is 5.73. The number of hydrogen-bond donors (Lipinski definition) is 2. The number of unbranched alkanes of at least 4 members (excludes halogenated alkanes) is 6. The predicted molar refractivity (Wildman–Crippen MR) is 398 cm³/mol. The van der Waals surface area contributed by atoms with Crippen LogP contribution in [-0.2, 0) is 62.4 Å².